The highest BCUT2D eigenvalue weighted by atomic mass is 16.4. The van der Waals surface area contributed by atoms with E-state index < -0.39 is 17.9 Å². The molecule has 20 heavy (non-hydrogen) atoms. The monoisotopic (exact) mass is 292 g/mol. The zero-order valence-electron chi connectivity index (χ0n) is 12.8. The van der Waals surface area contributed by atoms with E-state index >= 15 is 0 Å². The van der Waals surface area contributed by atoms with Crippen molar-refractivity contribution in [3.63, 3.8) is 0 Å². The van der Waals surface area contributed by atoms with Gasteiger partial charge in [-0.05, 0) is 6.42 Å². The van der Waals surface area contributed by atoms with Crippen LogP contribution >= 0.6 is 0 Å². The summed E-state index contributed by atoms with van der Waals surface area (Å²) in [6.07, 6.45) is 10.5. The first kappa shape index (κ1) is 23.9. The van der Waals surface area contributed by atoms with Crippen LogP contribution in [0.15, 0.2) is 0 Å². The molecule has 0 heterocycles. The van der Waals surface area contributed by atoms with E-state index in [0.29, 0.717) is 6.42 Å². The molecule has 122 valence electrons. The maximum Gasteiger partial charge on any atom is 0.317 e. The average molecular weight is 292 g/mol. The van der Waals surface area contributed by atoms with Crippen molar-refractivity contribution in [2.75, 3.05) is 0 Å². The number of rotatable bonds is 12. The van der Waals surface area contributed by atoms with E-state index in [1.165, 1.54) is 38.5 Å². The second-order valence-electron chi connectivity index (χ2n) is 4.85. The number of carbonyl (C=O) groups is 2. The summed E-state index contributed by atoms with van der Waals surface area (Å²) in [4.78, 5) is 21.3. The standard InChI is InChI=1S/C14H26O4.2H3N/c1-2-3-4-5-6-7-8-9-10-11-12(13(15)16)14(17)18;;/h12H,2-11H2,1H3,(H,15,16)(H,17,18);2*1H3. The molecule has 0 amide bonds. The predicted octanol–water partition coefficient (Wildman–Crippen LogP) is 4.02. The lowest BCUT2D eigenvalue weighted by Gasteiger charge is -2.06. The Bertz CT molecular complexity index is 233. The Balaban J connectivity index is -0.00000144. The number of carboxylic acids is 2. The predicted molar refractivity (Wildman–Crippen MR) is 80.6 cm³/mol. The maximum absolute atomic E-state index is 10.6. The molecule has 0 aromatic heterocycles. The summed E-state index contributed by atoms with van der Waals surface area (Å²) in [6.45, 7) is 2.20. The minimum absolute atomic E-state index is 0. The molecule has 0 atom stereocenters. The highest BCUT2D eigenvalue weighted by Crippen LogP contribution is 2.14. The van der Waals surface area contributed by atoms with Crippen LogP contribution in [0, 0.1) is 5.92 Å². The van der Waals surface area contributed by atoms with E-state index in [0.717, 1.165) is 12.8 Å². The molecule has 0 spiro atoms. The van der Waals surface area contributed by atoms with Gasteiger partial charge in [0.15, 0.2) is 5.92 Å². The van der Waals surface area contributed by atoms with Gasteiger partial charge in [-0.1, -0.05) is 64.7 Å². The van der Waals surface area contributed by atoms with E-state index in [1.807, 2.05) is 0 Å². The molecule has 0 aromatic rings. The van der Waals surface area contributed by atoms with Crippen molar-refractivity contribution in [3.05, 3.63) is 0 Å². The molecule has 0 aromatic carbocycles. The van der Waals surface area contributed by atoms with Crippen molar-refractivity contribution in [1.82, 2.24) is 12.3 Å². The van der Waals surface area contributed by atoms with E-state index in [2.05, 4.69) is 6.92 Å². The van der Waals surface area contributed by atoms with Crippen molar-refractivity contribution < 1.29 is 19.8 Å². The molecule has 0 bridgehead atoms. The topological polar surface area (TPSA) is 145 Å². The van der Waals surface area contributed by atoms with Gasteiger partial charge in [-0.15, -0.1) is 0 Å². The van der Waals surface area contributed by atoms with Crippen LogP contribution in [0.2, 0.25) is 0 Å². The molecule has 8 N–H and O–H groups in total. The van der Waals surface area contributed by atoms with Crippen molar-refractivity contribution in [3.8, 4) is 0 Å². The second-order valence-corrected chi connectivity index (χ2v) is 4.85. The number of unbranched alkanes of at least 4 members (excludes halogenated alkanes) is 8. The van der Waals surface area contributed by atoms with Gasteiger partial charge in [0.1, 0.15) is 0 Å². The summed E-state index contributed by atoms with van der Waals surface area (Å²) in [5, 5.41) is 17.4. The van der Waals surface area contributed by atoms with Crippen LogP contribution in [-0.4, -0.2) is 22.2 Å². The Morgan fingerprint density at radius 3 is 1.45 bits per heavy atom. The third-order valence-corrected chi connectivity index (χ3v) is 3.19. The summed E-state index contributed by atoms with van der Waals surface area (Å²) in [5.74, 6) is -3.67. The molecule has 6 nitrogen and oxygen atoms in total. The summed E-state index contributed by atoms with van der Waals surface area (Å²) in [6, 6.07) is 0. The lowest BCUT2D eigenvalue weighted by Crippen LogP contribution is -2.23. The quantitative estimate of drug-likeness (QED) is 0.316. The van der Waals surface area contributed by atoms with Crippen molar-refractivity contribution >= 4 is 11.9 Å². The molecule has 0 unspecified atom stereocenters. The number of hydrogen-bond acceptors (Lipinski definition) is 4. The van der Waals surface area contributed by atoms with Crippen LogP contribution in [0.5, 0.6) is 0 Å². The smallest absolute Gasteiger partial charge is 0.317 e. The van der Waals surface area contributed by atoms with E-state index in [9.17, 15) is 9.59 Å². The van der Waals surface area contributed by atoms with Crippen molar-refractivity contribution in [2.24, 2.45) is 5.92 Å². The number of aliphatic carboxylic acids is 2. The molecule has 0 rings (SSSR count). The molecule has 0 saturated heterocycles. The minimum atomic E-state index is -1.23. The van der Waals surface area contributed by atoms with Gasteiger partial charge in [0.25, 0.3) is 0 Å². The lowest BCUT2D eigenvalue weighted by molar-refractivity contribution is -0.154. The number of hydrogen-bond donors (Lipinski definition) is 4. The third-order valence-electron chi connectivity index (χ3n) is 3.19. The Hall–Kier alpha value is -1.14. The van der Waals surface area contributed by atoms with Gasteiger partial charge in [-0.2, -0.15) is 0 Å². The molecular formula is C14H32N2O4. The van der Waals surface area contributed by atoms with Gasteiger partial charge in [-0.3, -0.25) is 9.59 Å². The van der Waals surface area contributed by atoms with Crippen LogP contribution in [0.3, 0.4) is 0 Å². The first-order valence-electron chi connectivity index (χ1n) is 7.05. The molecule has 0 saturated carbocycles. The minimum Gasteiger partial charge on any atom is -0.481 e. The van der Waals surface area contributed by atoms with Crippen LogP contribution < -0.4 is 12.3 Å². The van der Waals surface area contributed by atoms with Gasteiger partial charge in [0, 0.05) is 0 Å². The maximum atomic E-state index is 10.6. The summed E-state index contributed by atoms with van der Waals surface area (Å²) < 4.78 is 0. The SMILES string of the molecule is CCCCCCCCCCCC(C(=O)O)C(=O)O.N.N. The summed E-state index contributed by atoms with van der Waals surface area (Å²) >= 11 is 0. The Kier molecular flexibility index (Phi) is 19.0. The molecular weight excluding hydrogens is 260 g/mol. The highest BCUT2D eigenvalue weighted by Gasteiger charge is 2.24. The molecule has 0 fully saturated rings. The third kappa shape index (κ3) is 13.3. The van der Waals surface area contributed by atoms with E-state index in [1.54, 1.807) is 0 Å². The Morgan fingerprint density at radius 1 is 0.750 bits per heavy atom. The fourth-order valence-corrected chi connectivity index (χ4v) is 2.01. The van der Waals surface area contributed by atoms with E-state index in [4.69, 9.17) is 10.2 Å². The molecule has 0 aliphatic rings. The Morgan fingerprint density at radius 2 is 1.10 bits per heavy atom. The van der Waals surface area contributed by atoms with Crippen molar-refractivity contribution in [2.45, 2.75) is 71.1 Å². The molecule has 0 aliphatic heterocycles. The summed E-state index contributed by atoms with van der Waals surface area (Å²) in [7, 11) is 0. The van der Waals surface area contributed by atoms with Crippen LogP contribution in [0.4, 0.5) is 0 Å². The zero-order valence-corrected chi connectivity index (χ0v) is 12.8. The van der Waals surface area contributed by atoms with Gasteiger partial charge in [-0.25, -0.2) is 0 Å². The zero-order chi connectivity index (χ0) is 13.8. The fourth-order valence-electron chi connectivity index (χ4n) is 2.01. The first-order chi connectivity index (χ1) is 8.59. The molecule has 0 aliphatic carbocycles. The fraction of sp³-hybridized carbons (Fsp3) is 0.857. The first-order valence-corrected chi connectivity index (χ1v) is 7.05. The average Bonchev–Trinajstić information content (AvgIpc) is 2.30. The second kappa shape index (κ2) is 15.9. The number of carboxylic acid groups (broad SMARTS) is 2. The van der Waals surface area contributed by atoms with Gasteiger partial charge in [0.05, 0.1) is 0 Å². The van der Waals surface area contributed by atoms with Crippen molar-refractivity contribution in [1.29, 1.82) is 0 Å². The van der Waals surface area contributed by atoms with E-state index in [-0.39, 0.29) is 18.7 Å². The van der Waals surface area contributed by atoms with Gasteiger partial charge in [0.2, 0.25) is 0 Å². The lowest BCUT2D eigenvalue weighted by atomic mass is 10.00. The van der Waals surface area contributed by atoms with Crippen LogP contribution in [-0.2, 0) is 9.59 Å². The highest BCUT2D eigenvalue weighted by molar-refractivity contribution is 5.92. The van der Waals surface area contributed by atoms with Gasteiger partial charge >= 0.3 is 11.9 Å². The van der Waals surface area contributed by atoms with Gasteiger partial charge < -0.3 is 22.5 Å². The largest absolute Gasteiger partial charge is 0.481 e. The Labute approximate surface area is 122 Å². The van der Waals surface area contributed by atoms with Crippen LogP contribution in [0.1, 0.15) is 71.1 Å². The van der Waals surface area contributed by atoms with Crippen LogP contribution in [0.25, 0.3) is 0 Å². The normalized spacial score (nSPS) is 9.70. The molecule has 0 radical (unpaired) electrons. The molecule has 6 heteroatoms. The summed E-state index contributed by atoms with van der Waals surface area (Å²) in [5.41, 5.74) is 0.